The summed E-state index contributed by atoms with van der Waals surface area (Å²) in [5.41, 5.74) is 3.46. The Kier molecular flexibility index (Phi) is 4.97. The molecule has 0 unspecified atom stereocenters. The summed E-state index contributed by atoms with van der Waals surface area (Å²) in [6, 6.07) is 4.07. The van der Waals surface area contributed by atoms with Crippen LogP contribution < -0.4 is 10.1 Å². The highest BCUT2D eigenvalue weighted by Crippen LogP contribution is 2.22. The van der Waals surface area contributed by atoms with Crippen LogP contribution in [0.25, 0.3) is 0 Å². The Balaban J connectivity index is 2.63. The minimum atomic E-state index is -0.787. The van der Waals surface area contributed by atoms with Gasteiger partial charge in [0.05, 0.1) is 13.5 Å². The second kappa shape index (κ2) is 6.25. The lowest BCUT2D eigenvalue weighted by molar-refractivity contribution is -0.136. The number of aliphatic carboxylic acids is 1. The molecule has 4 nitrogen and oxygen atoms in total. The maximum atomic E-state index is 10.4. The molecule has 1 aromatic carbocycles. The van der Waals surface area contributed by atoms with Gasteiger partial charge in [-0.15, -0.1) is 0 Å². The van der Waals surface area contributed by atoms with Crippen molar-refractivity contribution in [2.45, 2.75) is 26.8 Å². The molecule has 0 saturated heterocycles. The summed E-state index contributed by atoms with van der Waals surface area (Å²) in [6.45, 7) is 5.18. The molecule has 0 bridgehead atoms. The first-order valence-electron chi connectivity index (χ1n) is 5.61. The number of benzene rings is 1. The Bertz CT molecular complexity index is 402. The molecular weight excluding hydrogens is 218 g/mol. The van der Waals surface area contributed by atoms with E-state index in [-0.39, 0.29) is 6.42 Å². The average molecular weight is 237 g/mol. The van der Waals surface area contributed by atoms with E-state index in [1.54, 1.807) is 7.11 Å². The van der Waals surface area contributed by atoms with Gasteiger partial charge >= 0.3 is 5.97 Å². The first-order chi connectivity index (χ1) is 8.04. The fourth-order valence-corrected chi connectivity index (χ4v) is 1.60. The molecule has 4 heteroatoms. The lowest BCUT2D eigenvalue weighted by Crippen LogP contribution is -2.18. The van der Waals surface area contributed by atoms with Crippen LogP contribution in [0.15, 0.2) is 12.1 Å². The molecular formula is C13H19NO3. The SMILES string of the molecule is COc1cc(C)c(C)cc1CNCCC(=O)O. The second-order valence-corrected chi connectivity index (χ2v) is 4.07. The van der Waals surface area contributed by atoms with Gasteiger partial charge in [-0.2, -0.15) is 0 Å². The van der Waals surface area contributed by atoms with Crippen LogP contribution in [0.1, 0.15) is 23.1 Å². The van der Waals surface area contributed by atoms with E-state index in [4.69, 9.17) is 9.84 Å². The fourth-order valence-electron chi connectivity index (χ4n) is 1.60. The highest BCUT2D eigenvalue weighted by atomic mass is 16.5. The standard InChI is InChI=1S/C13H19NO3/c1-9-6-11(8-14-5-4-13(15)16)12(17-3)7-10(9)2/h6-7,14H,4-5,8H2,1-3H3,(H,15,16). The Hall–Kier alpha value is -1.55. The summed E-state index contributed by atoms with van der Waals surface area (Å²) in [5, 5.41) is 11.6. The van der Waals surface area contributed by atoms with Crippen molar-refractivity contribution in [1.29, 1.82) is 0 Å². The van der Waals surface area contributed by atoms with Crippen molar-refractivity contribution in [2.24, 2.45) is 0 Å². The maximum absolute atomic E-state index is 10.4. The van der Waals surface area contributed by atoms with Crippen molar-refractivity contribution in [3.63, 3.8) is 0 Å². The monoisotopic (exact) mass is 237 g/mol. The number of ether oxygens (including phenoxy) is 1. The van der Waals surface area contributed by atoms with Crippen molar-refractivity contribution in [3.05, 3.63) is 28.8 Å². The molecule has 0 amide bonds. The topological polar surface area (TPSA) is 58.6 Å². The molecule has 0 aromatic heterocycles. The Morgan fingerprint density at radius 1 is 1.35 bits per heavy atom. The number of hydrogen-bond donors (Lipinski definition) is 2. The number of hydrogen-bond acceptors (Lipinski definition) is 3. The molecule has 17 heavy (non-hydrogen) atoms. The van der Waals surface area contributed by atoms with Crippen LogP contribution in [-0.2, 0) is 11.3 Å². The zero-order valence-electron chi connectivity index (χ0n) is 10.5. The van der Waals surface area contributed by atoms with Crippen LogP contribution in [-0.4, -0.2) is 24.7 Å². The van der Waals surface area contributed by atoms with E-state index in [1.807, 2.05) is 13.0 Å². The van der Waals surface area contributed by atoms with Gasteiger partial charge < -0.3 is 15.2 Å². The Morgan fingerprint density at radius 3 is 2.59 bits per heavy atom. The summed E-state index contributed by atoms with van der Waals surface area (Å²) >= 11 is 0. The Morgan fingerprint density at radius 2 is 2.00 bits per heavy atom. The molecule has 0 radical (unpaired) electrons. The highest BCUT2D eigenvalue weighted by Gasteiger charge is 2.05. The zero-order chi connectivity index (χ0) is 12.8. The van der Waals surface area contributed by atoms with Crippen LogP contribution in [0, 0.1) is 13.8 Å². The van der Waals surface area contributed by atoms with Crippen LogP contribution in [0.2, 0.25) is 0 Å². The number of aryl methyl sites for hydroxylation is 2. The van der Waals surface area contributed by atoms with Gasteiger partial charge in [0.15, 0.2) is 0 Å². The van der Waals surface area contributed by atoms with E-state index < -0.39 is 5.97 Å². The summed E-state index contributed by atoms with van der Waals surface area (Å²) in [6.07, 6.45) is 0.132. The predicted octanol–water partition coefficient (Wildman–Crippen LogP) is 1.88. The normalized spacial score (nSPS) is 10.3. The van der Waals surface area contributed by atoms with Crippen LogP contribution in [0.3, 0.4) is 0 Å². The molecule has 0 aliphatic heterocycles. The number of carboxylic acids is 1. The molecule has 0 saturated carbocycles. The van der Waals surface area contributed by atoms with Crippen molar-refractivity contribution in [1.82, 2.24) is 5.32 Å². The van der Waals surface area contributed by atoms with Crippen LogP contribution in [0.4, 0.5) is 0 Å². The second-order valence-electron chi connectivity index (χ2n) is 4.07. The fraction of sp³-hybridized carbons (Fsp3) is 0.462. The smallest absolute Gasteiger partial charge is 0.304 e. The summed E-state index contributed by atoms with van der Waals surface area (Å²) < 4.78 is 5.30. The molecule has 1 aromatic rings. The van der Waals surface area contributed by atoms with Crippen molar-refractivity contribution >= 4 is 5.97 Å². The van der Waals surface area contributed by atoms with Gasteiger partial charge in [0.1, 0.15) is 5.75 Å². The molecule has 0 aliphatic carbocycles. The third-order valence-corrected chi connectivity index (χ3v) is 2.73. The summed E-state index contributed by atoms with van der Waals surface area (Å²) in [5.74, 6) is 0.0560. The molecule has 0 heterocycles. The molecule has 0 atom stereocenters. The molecule has 2 N–H and O–H groups in total. The minimum Gasteiger partial charge on any atom is -0.496 e. The van der Waals surface area contributed by atoms with Gasteiger partial charge in [0.2, 0.25) is 0 Å². The van der Waals surface area contributed by atoms with E-state index in [2.05, 4.69) is 18.3 Å². The van der Waals surface area contributed by atoms with Gasteiger partial charge in [-0.25, -0.2) is 0 Å². The highest BCUT2D eigenvalue weighted by molar-refractivity contribution is 5.66. The summed E-state index contributed by atoms with van der Waals surface area (Å²) in [7, 11) is 1.64. The quantitative estimate of drug-likeness (QED) is 0.742. The molecule has 1 rings (SSSR count). The van der Waals surface area contributed by atoms with Gasteiger partial charge in [-0.3, -0.25) is 4.79 Å². The van der Waals surface area contributed by atoms with E-state index in [9.17, 15) is 4.79 Å². The first kappa shape index (κ1) is 13.5. The lowest BCUT2D eigenvalue weighted by atomic mass is 10.0. The zero-order valence-corrected chi connectivity index (χ0v) is 10.5. The third kappa shape index (κ3) is 4.07. The Labute approximate surface area is 102 Å². The third-order valence-electron chi connectivity index (χ3n) is 2.73. The van der Waals surface area contributed by atoms with Crippen molar-refractivity contribution in [2.75, 3.05) is 13.7 Å². The number of methoxy groups -OCH3 is 1. The van der Waals surface area contributed by atoms with E-state index in [0.29, 0.717) is 13.1 Å². The average Bonchev–Trinajstić information content (AvgIpc) is 2.28. The number of carbonyl (C=O) groups is 1. The van der Waals surface area contributed by atoms with Crippen molar-refractivity contribution < 1.29 is 14.6 Å². The van der Waals surface area contributed by atoms with Gasteiger partial charge in [-0.1, -0.05) is 6.07 Å². The molecule has 0 spiro atoms. The number of carboxylic acid groups (broad SMARTS) is 1. The minimum absolute atomic E-state index is 0.132. The molecule has 0 aliphatic rings. The largest absolute Gasteiger partial charge is 0.496 e. The first-order valence-corrected chi connectivity index (χ1v) is 5.61. The van der Waals surface area contributed by atoms with Gasteiger partial charge in [0.25, 0.3) is 0 Å². The van der Waals surface area contributed by atoms with E-state index in [1.165, 1.54) is 11.1 Å². The van der Waals surface area contributed by atoms with Crippen LogP contribution >= 0.6 is 0 Å². The summed E-state index contributed by atoms with van der Waals surface area (Å²) in [4.78, 5) is 10.4. The van der Waals surface area contributed by atoms with E-state index in [0.717, 1.165) is 11.3 Å². The van der Waals surface area contributed by atoms with Crippen molar-refractivity contribution in [3.8, 4) is 5.75 Å². The van der Waals surface area contributed by atoms with E-state index >= 15 is 0 Å². The molecule has 94 valence electrons. The van der Waals surface area contributed by atoms with Crippen LogP contribution in [0.5, 0.6) is 5.75 Å². The maximum Gasteiger partial charge on any atom is 0.304 e. The number of nitrogens with one attached hydrogen (secondary N) is 1. The predicted molar refractivity (Wildman–Crippen MR) is 66.4 cm³/mol. The van der Waals surface area contributed by atoms with Gasteiger partial charge in [0, 0.05) is 18.7 Å². The lowest BCUT2D eigenvalue weighted by Gasteiger charge is -2.12. The molecule has 0 fully saturated rings. The van der Waals surface area contributed by atoms with Gasteiger partial charge in [-0.05, 0) is 31.0 Å². The number of rotatable bonds is 6.